The summed E-state index contributed by atoms with van der Waals surface area (Å²) in [5.74, 6) is -0.987. The van der Waals surface area contributed by atoms with E-state index in [1.807, 2.05) is 0 Å². The molecule has 1 unspecified atom stereocenters. The van der Waals surface area contributed by atoms with E-state index in [-0.39, 0.29) is 23.8 Å². The molecule has 3 rings (SSSR count). The van der Waals surface area contributed by atoms with Crippen LogP contribution in [0.3, 0.4) is 0 Å². The van der Waals surface area contributed by atoms with Crippen LogP contribution in [0.4, 0.5) is 8.78 Å². The van der Waals surface area contributed by atoms with E-state index in [9.17, 15) is 22.0 Å². The molecule has 5 nitrogen and oxygen atoms in total. The second kappa shape index (κ2) is 8.67. The van der Waals surface area contributed by atoms with Crippen LogP contribution in [0.1, 0.15) is 50.4 Å². The topological polar surface area (TPSA) is 57.7 Å². The second-order valence-corrected chi connectivity index (χ2v) is 10.2. The minimum absolute atomic E-state index is 0.121. The molecule has 168 valence electrons. The maximum Gasteiger partial charge on any atom is 0.259 e. The zero-order valence-electron chi connectivity index (χ0n) is 18.2. The van der Waals surface area contributed by atoms with Gasteiger partial charge in [0.15, 0.2) is 5.67 Å². The van der Waals surface area contributed by atoms with Crippen LogP contribution < -0.4 is 0 Å². The summed E-state index contributed by atoms with van der Waals surface area (Å²) >= 11 is 0. The van der Waals surface area contributed by atoms with Gasteiger partial charge in [-0.2, -0.15) is 4.31 Å². The van der Waals surface area contributed by atoms with E-state index in [1.165, 1.54) is 35.2 Å². The molecule has 0 saturated carbocycles. The summed E-state index contributed by atoms with van der Waals surface area (Å²) in [7, 11) is -3.85. The van der Waals surface area contributed by atoms with Gasteiger partial charge in [-0.3, -0.25) is 4.79 Å². The quantitative estimate of drug-likeness (QED) is 0.662. The number of hydrogen-bond acceptors (Lipinski definition) is 3. The van der Waals surface area contributed by atoms with Gasteiger partial charge in [0, 0.05) is 25.7 Å². The Morgan fingerprint density at radius 1 is 1.16 bits per heavy atom. The summed E-state index contributed by atoms with van der Waals surface area (Å²) in [4.78, 5) is 13.9. The van der Waals surface area contributed by atoms with E-state index in [4.69, 9.17) is 0 Å². The van der Waals surface area contributed by atoms with Crippen molar-refractivity contribution in [2.75, 3.05) is 13.1 Å². The smallest absolute Gasteiger partial charge is 0.259 e. The molecule has 0 fully saturated rings. The fraction of sp³-hybridized carbons (Fsp3) is 0.435. The standard InChI is InChI=1S/C23H28F2N2O3S/c1-5-27(16(2)17-6-9-20(24)10-7-17)31(29,30)21-11-8-18-12-13-26(15-19(18)14-21)22(28)23(3,4)25/h6-11,14,16H,5,12-13,15H2,1-4H3. The van der Waals surface area contributed by atoms with Crippen molar-refractivity contribution < 1.29 is 22.0 Å². The third-order valence-electron chi connectivity index (χ3n) is 5.69. The Balaban J connectivity index is 1.91. The maximum atomic E-state index is 14.1. The van der Waals surface area contributed by atoms with Crippen molar-refractivity contribution in [2.24, 2.45) is 0 Å². The molecule has 2 aromatic rings. The number of benzene rings is 2. The van der Waals surface area contributed by atoms with Crippen molar-refractivity contribution in [3.63, 3.8) is 0 Å². The first kappa shape index (κ1) is 23.3. The average molecular weight is 451 g/mol. The summed E-state index contributed by atoms with van der Waals surface area (Å²) in [6.45, 7) is 6.76. The van der Waals surface area contributed by atoms with Crippen LogP contribution in [0.2, 0.25) is 0 Å². The van der Waals surface area contributed by atoms with Gasteiger partial charge >= 0.3 is 0 Å². The zero-order valence-corrected chi connectivity index (χ0v) is 19.0. The molecule has 0 radical (unpaired) electrons. The number of carbonyl (C=O) groups excluding carboxylic acids is 1. The second-order valence-electron chi connectivity index (χ2n) is 8.32. The number of alkyl halides is 1. The van der Waals surface area contributed by atoms with Crippen molar-refractivity contribution in [1.82, 2.24) is 9.21 Å². The van der Waals surface area contributed by atoms with Gasteiger partial charge in [0.2, 0.25) is 10.0 Å². The molecule has 1 heterocycles. The van der Waals surface area contributed by atoms with E-state index in [0.29, 0.717) is 24.1 Å². The highest BCUT2D eigenvalue weighted by Gasteiger charge is 2.34. The number of nitrogens with zero attached hydrogens (tertiary/aromatic N) is 2. The molecule has 0 aliphatic carbocycles. The molecule has 2 aromatic carbocycles. The van der Waals surface area contributed by atoms with Gasteiger partial charge < -0.3 is 4.90 Å². The van der Waals surface area contributed by atoms with Crippen LogP contribution in [-0.2, 0) is 27.8 Å². The Kier molecular flexibility index (Phi) is 6.53. The molecule has 0 aromatic heterocycles. The lowest BCUT2D eigenvalue weighted by Gasteiger charge is -2.33. The third-order valence-corrected chi connectivity index (χ3v) is 7.73. The molecule has 1 atom stereocenters. The summed E-state index contributed by atoms with van der Waals surface area (Å²) in [6.07, 6.45) is 0.543. The first-order chi connectivity index (χ1) is 14.4. The van der Waals surface area contributed by atoms with Crippen LogP contribution in [0.5, 0.6) is 0 Å². The lowest BCUT2D eigenvalue weighted by Crippen LogP contribution is -2.45. The lowest BCUT2D eigenvalue weighted by molar-refractivity contribution is -0.142. The van der Waals surface area contributed by atoms with Crippen molar-refractivity contribution >= 4 is 15.9 Å². The number of rotatable bonds is 6. The van der Waals surface area contributed by atoms with Gasteiger partial charge in [-0.05, 0) is 68.1 Å². The zero-order chi connectivity index (χ0) is 23.0. The van der Waals surface area contributed by atoms with Crippen molar-refractivity contribution in [3.8, 4) is 0 Å². The molecule has 0 N–H and O–H groups in total. The third kappa shape index (κ3) is 4.80. The molecule has 0 bridgehead atoms. The molecular formula is C23H28F2N2O3S. The highest BCUT2D eigenvalue weighted by atomic mass is 32.2. The molecule has 1 aliphatic rings. The SMILES string of the molecule is CCN(C(C)c1ccc(F)cc1)S(=O)(=O)c1ccc2c(c1)CN(C(=O)C(C)(C)F)CC2. The number of halogens is 2. The van der Waals surface area contributed by atoms with E-state index in [2.05, 4.69) is 0 Å². The number of fused-ring (bicyclic) bond motifs is 1. The Labute approximate surface area is 182 Å². The molecule has 8 heteroatoms. The fourth-order valence-corrected chi connectivity index (χ4v) is 5.62. The summed E-state index contributed by atoms with van der Waals surface area (Å²) < 4.78 is 55.6. The highest BCUT2D eigenvalue weighted by Crippen LogP contribution is 2.30. The Bertz CT molecular complexity index is 1060. The van der Waals surface area contributed by atoms with Crippen LogP contribution in [0, 0.1) is 5.82 Å². The Hall–Kier alpha value is -2.32. The van der Waals surface area contributed by atoms with Gasteiger partial charge in [0.1, 0.15) is 5.82 Å². The summed E-state index contributed by atoms with van der Waals surface area (Å²) in [6, 6.07) is 10.2. The predicted molar refractivity (Wildman–Crippen MR) is 115 cm³/mol. The monoisotopic (exact) mass is 450 g/mol. The van der Waals surface area contributed by atoms with Crippen molar-refractivity contribution in [3.05, 3.63) is 65.0 Å². The number of amides is 1. The largest absolute Gasteiger partial charge is 0.335 e. The van der Waals surface area contributed by atoms with E-state index in [0.717, 1.165) is 5.56 Å². The maximum absolute atomic E-state index is 14.1. The fourth-order valence-electron chi connectivity index (χ4n) is 3.94. The van der Waals surface area contributed by atoms with Gasteiger partial charge in [-0.1, -0.05) is 25.1 Å². The Morgan fingerprint density at radius 2 is 1.81 bits per heavy atom. The van der Waals surface area contributed by atoms with Crippen molar-refractivity contribution in [2.45, 2.75) is 57.3 Å². The molecule has 0 saturated heterocycles. The Morgan fingerprint density at radius 3 is 2.39 bits per heavy atom. The molecule has 0 spiro atoms. The predicted octanol–water partition coefficient (Wildman–Crippen LogP) is 4.23. The van der Waals surface area contributed by atoms with Gasteiger partial charge in [0.05, 0.1) is 4.90 Å². The molecule has 31 heavy (non-hydrogen) atoms. The normalized spacial score (nSPS) is 15.6. The van der Waals surface area contributed by atoms with Gasteiger partial charge in [0.25, 0.3) is 5.91 Å². The van der Waals surface area contributed by atoms with Crippen LogP contribution in [0.15, 0.2) is 47.4 Å². The minimum atomic E-state index is -3.85. The lowest BCUT2D eigenvalue weighted by atomic mass is 9.98. The van der Waals surface area contributed by atoms with Crippen LogP contribution in [-0.4, -0.2) is 42.3 Å². The molecule has 1 amide bonds. The van der Waals surface area contributed by atoms with Gasteiger partial charge in [-0.25, -0.2) is 17.2 Å². The van der Waals surface area contributed by atoms with E-state index < -0.39 is 27.6 Å². The molecule has 1 aliphatic heterocycles. The van der Waals surface area contributed by atoms with E-state index in [1.54, 1.807) is 44.2 Å². The van der Waals surface area contributed by atoms with Gasteiger partial charge in [-0.15, -0.1) is 0 Å². The summed E-state index contributed by atoms with van der Waals surface area (Å²) in [5.41, 5.74) is 0.363. The van der Waals surface area contributed by atoms with E-state index >= 15 is 0 Å². The average Bonchev–Trinajstić information content (AvgIpc) is 2.72. The minimum Gasteiger partial charge on any atom is -0.335 e. The number of hydrogen-bond donors (Lipinski definition) is 0. The highest BCUT2D eigenvalue weighted by molar-refractivity contribution is 7.89. The van der Waals surface area contributed by atoms with Crippen molar-refractivity contribution in [1.29, 1.82) is 0 Å². The summed E-state index contributed by atoms with van der Waals surface area (Å²) in [5, 5.41) is 0. The van der Waals surface area contributed by atoms with Crippen LogP contribution >= 0.6 is 0 Å². The number of carbonyl (C=O) groups is 1. The first-order valence-corrected chi connectivity index (χ1v) is 11.8. The first-order valence-electron chi connectivity index (χ1n) is 10.3. The number of sulfonamides is 1. The van der Waals surface area contributed by atoms with Crippen LogP contribution in [0.25, 0.3) is 0 Å². The molecular weight excluding hydrogens is 422 g/mol.